The Kier molecular flexibility index (Phi) is 5.91. The zero-order valence-electron chi connectivity index (χ0n) is 17.1. The van der Waals surface area contributed by atoms with Crippen molar-refractivity contribution in [2.24, 2.45) is 0 Å². The maximum atomic E-state index is 13.5. The molecule has 11 nitrogen and oxygen atoms in total. The van der Waals surface area contributed by atoms with Crippen LogP contribution in [0.5, 0.6) is 5.75 Å². The van der Waals surface area contributed by atoms with E-state index in [0.29, 0.717) is 22.1 Å². The maximum absolute atomic E-state index is 13.5. The highest BCUT2D eigenvalue weighted by molar-refractivity contribution is 7.22. The van der Waals surface area contributed by atoms with Crippen LogP contribution in [0.4, 0.5) is 16.5 Å². The molecule has 0 radical (unpaired) electrons. The van der Waals surface area contributed by atoms with Crippen molar-refractivity contribution in [2.75, 3.05) is 12.0 Å². The summed E-state index contributed by atoms with van der Waals surface area (Å²) in [6, 6.07) is 13.3. The molecule has 0 saturated heterocycles. The van der Waals surface area contributed by atoms with E-state index in [0.717, 1.165) is 22.9 Å². The quantitative estimate of drug-likeness (QED) is 0.289. The Morgan fingerprint density at radius 3 is 2.39 bits per heavy atom. The molecule has 0 aliphatic heterocycles. The minimum absolute atomic E-state index is 0.00706. The number of thiazole rings is 1. The molecule has 0 aliphatic carbocycles. The van der Waals surface area contributed by atoms with Crippen molar-refractivity contribution in [2.45, 2.75) is 6.54 Å². The van der Waals surface area contributed by atoms with Crippen LogP contribution < -0.4 is 9.64 Å². The second-order valence-electron chi connectivity index (χ2n) is 6.79. The number of amides is 1. The monoisotopic (exact) mass is 465 g/mol. The Bertz CT molecular complexity index is 1340. The molecule has 2 aromatic carbocycles. The fourth-order valence-electron chi connectivity index (χ4n) is 3.10. The van der Waals surface area contributed by atoms with Gasteiger partial charge >= 0.3 is 0 Å². The van der Waals surface area contributed by atoms with Gasteiger partial charge in [-0.05, 0) is 24.3 Å². The van der Waals surface area contributed by atoms with Crippen LogP contribution in [0.15, 0.2) is 60.8 Å². The first-order valence-corrected chi connectivity index (χ1v) is 10.3. The first-order chi connectivity index (χ1) is 15.9. The number of aromatic nitrogens is 2. The summed E-state index contributed by atoms with van der Waals surface area (Å²) in [5.41, 5.74) is -0.178. The molecule has 4 rings (SSSR count). The van der Waals surface area contributed by atoms with E-state index in [1.54, 1.807) is 42.6 Å². The SMILES string of the molecule is COc1ccc2sc(N(Cc3ccccn3)C(=O)c3cc([N+](=O)[O-])cc([N+](=O)[O-])c3)nc2c1. The Morgan fingerprint density at radius 1 is 1.06 bits per heavy atom. The number of benzene rings is 2. The third-order valence-electron chi connectivity index (χ3n) is 4.68. The molecule has 4 aromatic rings. The van der Waals surface area contributed by atoms with Gasteiger partial charge in [-0.15, -0.1) is 0 Å². The second kappa shape index (κ2) is 8.96. The summed E-state index contributed by atoms with van der Waals surface area (Å²) in [5, 5.41) is 22.9. The largest absolute Gasteiger partial charge is 0.497 e. The zero-order valence-corrected chi connectivity index (χ0v) is 17.9. The lowest BCUT2D eigenvalue weighted by atomic mass is 10.1. The van der Waals surface area contributed by atoms with Gasteiger partial charge in [0.2, 0.25) is 0 Å². The average Bonchev–Trinajstić information content (AvgIpc) is 3.25. The number of fused-ring (bicyclic) bond motifs is 1. The van der Waals surface area contributed by atoms with Gasteiger partial charge in [0, 0.05) is 24.4 Å². The predicted molar refractivity (Wildman–Crippen MR) is 121 cm³/mol. The van der Waals surface area contributed by atoms with Crippen LogP contribution in [0.3, 0.4) is 0 Å². The topological polar surface area (TPSA) is 142 Å². The molecular weight excluding hydrogens is 450 g/mol. The van der Waals surface area contributed by atoms with Crippen molar-refractivity contribution < 1.29 is 19.4 Å². The minimum atomic E-state index is -0.781. The molecule has 1 amide bonds. The second-order valence-corrected chi connectivity index (χ2v) is 7.80. The summed E-state index contributed by atoms with van der Waals surface area (Å²) < 4.78 is 6.01. The van der Waals surface area contributed by atoms with E-state index in [9.17, 15) is 25.0 Å². The van der Waals surface area contributed by atoms with Crippen molar-refractivity contribution >= 4 is 44.0 Å². The number of nitrogens with zero attached hydrogens (tertiary/aromatic N) is 5. The normalized spacial score (nSPS) is 10.7. The highest BCUT2D eigenvalue weighted by Gasteiger charge is 2.26. The molecule has 0 N–H and O–H groups in total. The molecule has 0 atom stereocenters. The molecule has 2 aromatic heterocycles. The van der Waals surface area contributed by atoms with Crippen molar-refractivity contribution in [3.8, 4) is 5.75 Å². The van der Waals surface area contributed by atoms with Crippen molar-refractivity contribution in [1.29, 1.82) is 0 Å². The van der Waals surface area contributed by atoms with Crippen LogP contribution in [0.2, 0.25) is 0 Å². The number of carbonyl (C=O) groups is 1. The van der Waals surface area contributed by atoms with Gasteiger partial charge in [0.15, 0.2) is 5.13 Å². The van der Waals surface area contributed by atoms with E-state index < -0.39 is 27.1 Å². The third-order valence-corrected chi connectivity index (χ3v) is 5.74. The van der Waals surface area contributed by atoms with Crippen LogP contribution >= 0.6 is 11.3 Å². The molecule has 0 spiro atoms. The number of non-ortho nitro benzene ring substituents is 2. The number of nitro groups is 2. The molecule has 0 unspecified atom stereocenters. The number of anilines is 1. The van der Waals surface area contributed by atoms with Gasteiger partial charge in [-0.3, -0.25) is 34.9 Å². The number of hydrogen-bond acceptors (Lipinski definition) is 9. The lowest BCUT2D eigenvalue weighted by Crippen LogP contribution is -2.30. The fraction of sp³-hybridized carbons (Fsp3) is 0.0952. The summed E-state index contributed by atoms with van der Waals surface area (Å²) in [5.74, 6) is -0.0882. The van der Waals surface area contributed by atoms with E-state index in [1.165, 1.54) is 23.3 Å². The van der Waals surface area contributed by atoms with Crippen LogP contribution in [-0.2, 0) is 6.54 Å². The number of nitro benzene ring substituents is 2. The van der Waals surface area contributed by atoms with E-state index in [4.69, 9.17) is 4.74 Å². The number of rotatable bonds is 7. The first-order valence-electron chi connectivity index (χ1n) is 9.46. The number of pyridine rings is 1. The van der Waals surface area contributed by atoms with E-state index >= 15 is 0 Å². The van der Waals surface area contributed by atoms with Gasteiger partial charge in [-0.25, -0.2) is 4.98 Å². The minimum Gasteiger partial charge on any atom is -0.497 e. The summed E-state index contributed by atoms with van der Waals surface area (Å²) in [6.45, 7) is 0.00706. The summed E-state index contributed by atoms with van der Waals surface area (Å²) in [7, 11) is 1.53. The number of hydrogen-bond donors (Lipinski definition) is 0. The molecule has 33 heavy (non-hydrogen) atoms. The highest BCUT2D eigenvalue weighted by Crippen LogP contribution is 2.33. The molecule has 0 saturated carbocycles. The van der Waals surface area contributed by atoms with Gasteiger partial charge in [0.25, 0.3) is 17.3 Å². The standard InChI is InChI=1S/C21H15N5O6S/c1-32-17-5-6-19-18(11-17)23-21(33-19)24(12-14-4-2-3-7-22-14)20(27)13-8-15(25(28)29)10-16(9-13)26(30)31/h2-11H,12H2,1H3. The van der Waals surface area contributed by atoms with E-state index in [-0.39, 0.29) is 12.1 Å². The predicted octanol–water partition coefficient (Wildman–Crippen LogP) is 4.36. The molecular formula is C21H15N5O6S. The van der Waals surface area contributed by atoms with Gasteiger partial charge in [0.1, 0.15) is 5.75 Å². The van der Waals surface area contributed by atoms with Gasteiger partial charge in [-0.2, -0.15) is 0 Å². The zero-order chi connectivity index (χ0) is 23.5. The molecule has 0 fully saturated rings. The maximum Gasteiger partial charge on any atom is 0.277 e. The summed E-state index contributed by atoms with van der Waals surface area (Å²) >= 11 is 1.23. The number of methoxy groups -OCH3 is 1. The Labute approximate surface area is 190 Å². The smallest absolute Gasteiger partial charge is 0.277 e. The molecule has 12 heteroatoms. The van der Waals surface area contributed by atoms with Gasteiger partial charge in [0.05, 0.1) is 51.0 Å². The van der Waals surface area contributed by atoms with E-state index in [1.807, 2.05) is 0 Å². The molecule has 2 heterocycles. The lowest BCUT2D eigenvalue weighted by molar-refractivity contribution is -0.394. The summed E-state index contributed by atoms with van der Waals surface area (Å²) in [6.07, 6.45) is 1.57. The third kappa shape index (κ3) is 4.60. The lowest BCUT2D eigenvalue weighted by Gasteiger charge is -2.19. The van der Waals surface area contributed by atoms with Crippen LogP contribution in [-0.4, -0.2) is 32.8 Å². The molecule has 0 bridgehead atoms. The Morgan fingerprint density at radius 2 is 1.79 bits per heavy atom. The number of ether oxygens (including phenoxy) is 1. The van der Waals surface area contributed by atoms with Crippen LogP contribution in [0.1, 0.15) is 16.1 Å². The Hall–Kier alpha value is -4.45. The fourth-order valence-corrected chi connectivity index (χ4v) is 4.05. The van der Waals surface area contributed by atoms with Crippen LogP contribution in [0, 0.1) is 20.2 Å². The van der Waals surface area contributed by atoms with Crippen LogP contribution in [0.25, 0.3) is 10.2 Å². The average molecular weight is 465 g/mol. The van der Waals surface area contributed by atoms with Gasteiger partial charge < -0.3 is 4.74 Å². The Balaban J connectivity index is 1.82. The van der Waals surface area contributed by atoms with Gasteiger partial charge in [-0.1, -0.05) is 17.4 Å². The highest BCUT2D eigenvalue weighted by atomic mass is 32.1. The molecule has 0 aliphatic rings. The van der Waals surface area contributed by atoms with E-state index in [2.05, 4.69) is 9.97 Å². The molecule has 166 valence electrons. The van der Waals surface area contributed by atoms with Crippen molar-refractivity contribution in [3.63, 3.8) is 0 Å². The summed E-state index contributed by atoms with van der Waals surface area (Å²) in [4.78, 5) is 44.6. The van der Waals surface area contributed by atoms with Crippen molar-refractivity contribution in [1.82, 2.24) is 9.97 Å². The van der Waals surface area contributed by atoms with Crippen molar-refractivity contribution in [3.05, 3.63) is 92.3 Å². The first kappa shape index (κ1) is 21.8. The number of carbonyl (C=O) groups excluding carboxylic acids is 1.